The second-order valence-corrected chi connectivity index (χ2v) is 8.60. The maximum atomic E-state index is 13.3. The summed E-state index contributed by atoms with van der Waals surface area (Å²) in [7, 11) is 0. The molecule has 0 spiro atoms. The van der Waals surface area contributed by atoms with Gasteiger partial charge in [0.1, 0.15) is 0 Å². The van der Waals surface area contributed by atoms with Crippen LogP contribution in [0.3, 0.4) is 0 Å². The number of thioether (sulfide) groups is 1. The average molecular weight is 403 g/mol. The zero-order chi connectivity index (χ0) is 20.1. The summed E-state index contributed by atoms with van der Waals surface area (Å²) >= 11 is 1.66. The Bertz CT molecular complexity index is 956. The maximum absolute atomic E-state index is 13.3. The number of hydrogen-bond acceptors (Lipinski definition) is 3. The lowest BCUT2D eigenvalue weighted by Gasteiger charge is -2.30. The van der Waals surface area contributed by atoms with Crippen LogP contribution in [0.1, 0.15) is 40.3 Å². The van der Waals surface area contributed by atoms with Gasteiger partial charge in [-0.05, 0) is 48.1 Å². The van der Waals surface area contributed by atoms with Crippen LogP contribution < -0.4 is 0 Å². The Morgan fingerprint density at radius 1 is 1.07 bits per heavy atom. The molecule has 0 N–H and O–H groups in total. The highest BCUT2D eigenvalue weighted by Gasteiger charge is 2.30. The molecule has 1 unspecified atom stereocenters. The van der Waals surface area contributed by atoms with Crippen molar-refractivity contribution in [2.24, 2.45) is 0 Å². The Balaban J connectivity index is 1.50. The fourth-order valence-electron chi connectivity index (χ4n) is 3.94. The van der Waals surface area contributed by atoms with Gasteiger partial charge in [-0.2, -0.15) is 0 Å². The molecule has 3 nitrogen and oxygen atoms in total. The molecule has 4 heteroatoms. The quantitative estimate of drug-likeness (QED) is 0.535. The summed E-state index contributed by atoms with van der Waals surface area (Å²) < 4.78 is 0. The molecule has 4 rings (SSSR count). The van der Waals surface area contributed by atoms with E-state index in [0.29, 0.717) is 12.3 Å². The van der Waals surface area contributed by atoms with Crippen molar-refractivity contribution < 1.29 is 4.79 Å². The number of fused-ring (bicyclic) bond motifs is 1. The summed E-state index contributed by atoms with van der Waals surface area (Å²) in [5, 5.41) is 0. The minimum absolute atomic E-state index is 0.166. The van der Waals surface area contributed by atoms with Crippen molar-refractivity contribution in [3.8, 4) is 0 Å². The molecule has 1 amide bonds. The molecule has 1 aromatic heterocycles. The molecule has 0 bridgehead atoms. The van der Waals surface area contributed by atoms with Gasteiger partial charge in [0.05, 0.1) is 11.8 Å². The fourth-order valence-corrected chi connectivity index (χ4v) is 4.79. The van der Waals surface area contributed by atoms with Gasteiger partial charge < -0.3 is 4.90 Å². The van der Waals surface area contributed by atoms with Crippen LogP contribution in [0, 0.1) is 6.92 Å². The molecule has 0 radical (unpaired) electrons. The molecule has 1 aliphatic carbocycles. The molecule has 1 atom stereocenters. The van der Waals surface area contributed by atoms with E-state index in [9.17, 15) is 4.79 Å². The number of amides is 1. The molecule has 0 fully saturated rings. The molecule has 3 aromatic rings. The van der Waals surface area contributed by atoms with Crippen LogP contribution in [0.15, 0.2) is 73.1 Å². The van der Waals surface area contributed by atoms with Crippen molar-refractivity contribution in [3.63, 3.8) is 0 Å². The van der Waals surface area contributed by atoms with E-state index in [4.69, 9.17) is 0 Å². The summed E-state index contributed by atoms with van der Waals surface area (Å²) in [6, 6.07) is 21.2. The molecule has 2 aromatic carbocycles. The second kappa shape index (κ2) is 9.27. The number of carbonyl (C=O) groups is 1. The summed E-state index contributed by atoms with van der Waals surface area (Å²) in [4.78, 5) is 19.5. The molecule has 0 aliphatic heterocycles. The van der Waals surface area contributed by atoms with Crippen molar-refractivity contribution in [1.82, 2.24) is 9.88 Å². The highest BCUT2D eigenvalue weighted by molar-refractivity contribution is 7.99. The SMILES string of the molecule is Cc1ccc(CN(C(=O)CSCc2cccnc2)C2CCc3ccccc32)cc1. The number of benzene rings is 2. The number of nitrogens with zero attached hydrogens (tertiary/aromatic N) is 2. The van der Waals surface area contributed by atoms with Gasteiger partial charge in [-0.15, -0.1) is 11.8 Å². The molecule has 0 saturated carbocycles. The third-order valence-electron chi connectivity index (χ3n) is 5.49. The van der Waals surface area contributed by atoms with Gasteiger partial charge in [0, 0.05) is 24.7 Å². The topological polar surface area (TPSA) is 33.2 Å². The minimum atomic E-state index is 0.166. The number of aromatic nitrogens is 1. The molecule has 1 heterocycles. The Hall–Kier alpha value is -2.59. The first-order valence-electron chi connectivity index (χ1n) is 10.1. The van der Waals surface area contributed by atoms with Crippen LogP contribution in [0.2, 0.25) is 0 Å². The zero-order valence-corrected chi connectivity index (χ0v) is 17.6. The predicted molar refractivity (Wildman–Crippen MR) is 120 cm³/mol. The summed E-state index contributed by atoms with van der Waals surface area (Å²) in [5.74, 6) is 1.50. The lowest BCUT2D eigenvalue weighted by molar-refractivity contribution is -0.131. The number of aryl methyl sites for hydroxylation is 2. The minimum Gasteiger partial charge on any atom is -0.331 e. The van der Waals surface area contributed by atoms with Crippen LogP contribution in [-0.2, 0) is 23.5 Å². The second-order valence-electron chi connectivity index (χ2n) is 7.61. The van der Waals surface area contributed by atoms with Gasteiger partial charge >= 0.3 is 0 Å². The smallest absolute Gasteiger partial charge is 0.233 e. The zero-order valence-electron chi connectivity index (χ0n) is 16.8. The lowest BCUT2D eigenvalue weighted by atomic mass is 10.1. The van der Waals surface area contributed by atoms with Gasteiger partial charge in [0.2, 0.25) is 5.91 Å². The highest BCUT2D eigenvalue weighted by Crippen LogP contribution is 2.37. The standard InChI is InChI=1S/C25H26N2OS/c1-19-8-10-20(11-9-19)16-27(24-13-12-22-6-2-3-7-23(22)24)25(28)18-29-17-21-5-4-14-26-15-21/h2-11,14-15,24H,12-13,16-18H2,1H3. The van der Waals surface area contributed by atoms with Gasteiger partial charge in [0.15, 0.2) is 0 Å². The Kier molecular flexibility index (Phi) is 6.30. The third kappa shape index (κ3) is 4.88. The molecule has 1 aliphatic rings. The van der Waals surface area contributed by atoms with Crippen LogP contribution in [0.4, 0.5) is 0 Å². The van der Waals surface area contributed by atoms with Crippen molar-refractivity contribution in [2.45, 2.75) is 38.1 Å². The summed E-state index contributed by atoms with van der Waals surface area (Å²) in [6.45, 7) is 2.75. The van der Waals surface area contributed by atoms with Crippen LogP contribution >= 0.6 is 11.8 Å². The molecular formula is C25H26N2OS. The van der Waals surface area contributed by atoms with Crippen molar-refractivity contribution in [3.05, 3.63) is 101 Å². The van der Waals surface area contributed by atoms with Gasteiger partial charge in [-0.25, -0.2) is 0 Å². The first kappa shape index (κ1) is 19.7. The monoisotopic (exact) mass is 402 g/mol. The van der Waals surface area contributed by atoms with Crippen molar-refractivity contribution in [2.75, 3.05) is 5.75 Å². The van der Waals surface area contributed by atoms with E-state index in [1.165, 1.54) is 22.3 Å². The number of carbonyl (C=O) groups excluding carboxylic acids is 1. The molecule has 29 heavy (non-hydrogen) atoms. The Morgan fingerprint density at radius 2 is 1.90 bits per heavy atom. The normalized spacial score (nSPS) is 15.1. The fraction of sp³-hybridized carbons (Fsp3) is 0.280. The van der Waals surface area contributed by atoms with E-state index in [-0.39, 0.29) is 11.9 Å². The number of rotatable bonds is 7. The highest BCUT2D eigenvalue weighted by atomic mass is 32.2. The van der Waals surface area contributed by atoms with Gasteiger partial charge in [0.25, 0.3) is 0 Å². The average Bonchev–Trinajstić information content (AvgIpc) is 3.18. The number of hydrogen-bond donors (Lipinski definition) is 0. The van der Waals surface area contributed by atoms with E-state index in [2.05, 4.69) is 71.4 Å². The Labute approximate surface area is 177 Å². The first-order chi connectivity index (χ1) is 14.2. The van der Waals surface area contributed by atoms with E-state index in [1.54, 1.807) is 18.0 Å². The van der Waals surface area contributed by atoms with Gasteiger partial charge in [-0.1, -0.05) is 60.2 Å². The van der Waals surface area contributed by atoms with E-state index >= 15 is 0 Å². The third-order valence-corrected chi connectivity index (χ3v) is 6.48. The molecule has 0 saturated heterocycles. The lowest BCUT2D eigenvalue weighted by Crippen LogP contribution is -2.35. The van der Waals surface area contributed by atoms with Crippen molar-refractivity contribution in [1.29, 1.82) is 0 Å². The van der Waals surface area contributed by atoms with Crippen LogP contribution in [-0.4, -0.2) is 21.5 Å². The number of pyridine rings is 1. The van der Waals surface area contributed by atoms with E-state index in [1.807, 2.05) is 12.3 Å². The van der Waals surface area contributed by atoms with Crippen LogP contribution in [0.5, 0.6) is 0 Å². The Morgan fingerprint density at radius 3 is 2.69 bits per heavy atom. The van der Waals surface area contributed by atoms with Crippen LogP contribution in [0.25, 0.3) is 0 Å². The molecular weight excluding hydrogens is 376 g/mol. The summed E-state index contributed by atoms with van der Waals surface area (Å²) in [6.07, 6.45) is 5.69. The van der Waals surface area contributed by atoms with E-state index < -0.39 is 0 Å². The van der Waals surface area contributed by atoms with Crippen molar-refractivity contribution >= 4 is 17.7 Å². The largest absolute Gasteiger partial charge is 0.331 e. The molecule has 148 valence electrons. The summed E-state index contributed by atoms with van der Waals surface area (Å²) in [5.41, 5.74) is 6.27. The first-order valence-corrected chi connectivity index (χ1v) is 11.3. The van der Waals surface area contributed by atoms with Gasteiger partial charge in [-0.3, -0.25) is 9.78 Å². The predicted octanol–water partition coefficient (Wildman–Crippen LogP) is 5.34. The van der Waals surface area contributed by atoms with E-state index in [0.717, 1.165) is 24.2 Å². The maximum Gasteiger partial charge on any atom is 0.233 e.